The number of unbranched alkanes of at least 4 members (excludes halogenated alkanes) is 4. The molecule has 2 N–H and O–H groups in total. The van der Waals surface area contributed by atoms with Gasteiger partial charge in [0, 0.05) is 12.8 Å². The Morgan fingerprint density at radius 3 is 1.85 bits per heavy atom. The molecule has 0 unspecified atom stereocenters. The van der Waals surface area contributed by atoms with Crippen LogP contribution in [0.5, 0.6) is 0 Å². The van der Waals surface area contributed by atoms with Crippen molar-refractivity contribution in [3.8, 4) is 0 Å². The Morgan fingerprint density at radius 2 is 1.31 bits per heavy atom. The van der Waals surface area contributed by atoms with Gasteiger partial charge >= 0.3 is 0 Å². The molecule has 0 spiro atoms. The summed E-state index contributed by atoms with van der Waals surface area (Å²) in [7, 11) is 0. The lowest BCUT2D eigenvalue weighted by atomic mass is 10.0. The van der Waals surface area contributed by atoms with Crippen molar-refractivity contribution >= 4 is 0 Å². The second-order valence-electron chi connectivity index (χ2n) is 3.90. The highest BCUT2D eigenvalue weighted by Gasteiger charge is 2.20. The molecule has 0 aromatic heterocycles. The molecule has 0 saturated heterocycles. The predicted octanol–water partition coefficient (Wildman–Crippen LogP) is 2.83. The number of aliphatic hydroxyl groups is 2. The highest BCUT2D eigenvalue weighted by atomic mass is 16.5. The summed E-state index contributed by atoms with van der Waals surface area (Å²) in [6.07, 6.45) is 7.43. The van der Waals surface area contributed by atoms with Gasteiger partial charge in [-0.05, 0) is 12.8 Å². The summed E-state index contributed by atoms with van der Waals surface area (Å²) in [5, 5.41) is 19.0. The van der Waals surface area contributed by atoms with Crippen LogP contribution in [0.3, 0.4) is 0 Å². The molecule has 0 amide bonds. The van der Waals surface area contributed by atoms with Gasteiger partial charge in [-0.2, -0.15) is 0 Å². The maximum Gasteiger partial charge on any atom is 0.162 e. The Bertz CT molecular complexity index is 111. The molecule has 0 fully saturated rings. The van der Waals surface area contributed by atoms with Gasteiger partial charge in [-0.1, -0.05) is 39.5 Å². The number of hydrogen-bond donors (Lipinski definition) is 2. The van der Waals surface area contributed by atoms with Crippen molar-refractivity contribution in [2.75, 3.05) is 0 Å². The molecule has 0 bridgehead atoms. The summed E-state index contributed by atoms with van der Waals surface area (Å²) in [5.41, 5.74) is 0. The molecule has 0 aliphatic carbocycles. The van der Waals surface area contributed by atoms with E-state index in [4.69, 9.17) is 0 Å². The first-order valence-corrected chi connectivity index (χ1v) is 5.57. The van der Waals surface area contributed by atoms with Gasteiger partial charge in [0.05, 0.1) is 0 Å². The molecule has 2 heteroatoms. The maximum absolute atomic E-state index is 9.50. The topological polar surface area (TPSA) is 40.5 Å². The summed E-state index contributed by atoms with van der Waals surface area (Å²) >= 11 is 0. The molecule has 0 saturated carbocycles. The first kappa shape index (κ1) is 12.9. The fourth-order valence-electron chi connectivity index (χ4n) is 1.42. The molecule has 0 aromatic rings. The average Bonchev–Trinajstić information content (AvgIpc) is 2.09. The van der Waals surface area contributed by atoms with Gasteiger partial charge in [0.2, 0.25) is 0 Å². The fourth-order valence-corrected chi connectivity index (χ4v) is 1.42. The van der Waals surface area contributed by atoms with Crippen LogP contribution in [0.15, 0.2) is 0 Å². The minimum atomic E-state index is -1.40. The molecule has 2 nitrogen and oxygen atoms in total. The standard InChI is InChI=1S/C11H24O2/c1-3-5-7-8-10-11(12,13)9-6-4-2/h12-13H,3-10H2,1-2H3. The van der Waals surface area contributed by atoms with Crippen LogP contribution in [0.1, 0.15) is 65.2 Å². The third-order valence-electron chi connectivity index (χ3n) is 2.36. The van der Waals surface area contributed by atoms with E-state index in [1.165, 1.54) is 12.8 Å². The van der Waals surface area contributed by atoms with E-state index in [9.17, 15) is 10.2 Å². The van der Waals surface area contributed by atoms with E-state index < -0.39 is 5.79 Å². The van der Waals surface area contributed by atoms with Crippen LogP contribution in [0.2, 0.25) is 0 Å². The second kappa shape index (κ2) is 7.34. The Kier molecular flexibility index (Phi) is 7.29. The van der Waals surface area contributed by atoms with Gasteiger partial charge in [-0.15, -0.1) is 0 Å². The molecule has 13 heavy (non-hydrogen) atoms. The second-order valence-corrected chi connectivity index (χ2v) is 3.90. The first-order valence-electron chi connectivity index (χ1n) is 5.57. The highest BCUT2D eigenvalue weighted by molar-refractivity contribution is 4.64. The lowest BCUT2D eigenvalue weighted by molar-refractivity contribution is -0.171. The molecule has 0 aliphatic rings. The van der Waals surface area contributed by atoms with Gasteiger partial charge in [-0.3, -0.25) is 0 Å². The van der Waals surface area contributed by atoms with Crippen molar-refractivity contribution in [1.29, 1.82) is 0 Å². The summed E-state index contributed by atoms with van der Waals surface area (Å²) in [6, 6.07) is 0. The molecule has 0 atom stereocenters. The molecule has 0 radical (unpaired) electrons. The quantitative estimate of drug-likeness (QED) is 0.454. The van der Waals surface area contributed by atoms with Crippen LogP contribution >= 0.6 is 0 Å². The van der Waals surface area contributed by atoms with E-state index in [1.807, 2.05) is 0 Å². The third kappa shape index (κ3) is 8.26. The van der Waals surface area contributed by atoms with Gasteiger partial charge < -0.3 is 10.2 Å². The zero-order valence-corrected chi connectivity index (χ0v) is 9.05. The summed E-state index contributed by atoms with van der Waals surface area (Å²) < 4.78 is 0. The van der Waals surface area contributed by atoms with Crippen molar-refractivity contribution in [2.45, 2.75) is 71.0 Å². The smallest absolute Gasteiger partial charge is 0.162 e. The summed E-state index contributed by atoms with van der Waals surface area (Å²) in [5.74, 6) is -1.40. The number of hydrogen-bond acceptors (Lipinski definition) is 2. The maximum atomic E-state index is 9.50. The van der Waals surface area contributed by atoms with Crippen molar-refractivity contribution in [3.63, 3.8) is 0 Å². The van der Waals surface area contributed by atoms with Crippen LogP contribution in [-0.4, -0.2) is 16.0 Å². The SMILES string of the molecule is CCCCCCC(O)(O)CCCC. The van der Waals surface area contributed by atoms with Crippen molar-refractivity contribution in [2.24, 2.45) is 0 Å². The fraction of sp³-hybridized carbons (Fsp3) is 1.00. The predicted molar refractivity (Wildman–Crippen MR) is 55.5 cm³/mol. The van der Waals surface area contributed by atoms with Crippen LogP contribution < -0.4 is 0 Å². The Morgan fingerprint density at radius 1 is 0.769 bits per heavy atom. The van der Waals surface area contributed by atoms with Crippen molar-refractivity contribution in [3.05, 3.63) is 0 Å². The zero-order valence-electron chi connectivity index (χ0n) is 9.05. The van der Waals surface area contributed by atoms with Crippen LogP contribution in [0.4, 0.5) is 0 Å². The average molecular weight is 188 g/mol. The molecule has 0 aromatic carbocycles. The van der Waals surface area contributed by atoms with Gasteiger partial charge in [0.1, 0.15) is 0 Å². The van der Waals surface area contributed by atoms with Gasteiger partial charge in [0.25, 0.3) is 0 Å². The normalized spacial score (nSPS) is 12.0. The van der Waals surface area contributed by atoms with E-state index in [2.05, 4.69) is 13.8 Å². The van der Waals surface area contributed by atoms with Crippen LogP contribution in [0.25, 0.3) is 0 Å². The number of rotatable bonds is 8. The van der Waals surface area contributed by atoms with Crippen LogP contribution in [0, 0.1) is 0 Å². The Balaban J connectivity index is 3.39. The van der Waals surface area contributed by atoms with E-state index in [0.29, 0.717) is 12.8 Å². The molecule has 0 heterocycles. The molecule has 80 valence electrons. The molecule has 0 aliphatic heterocycles. The lowest BCUT2D eigenvalue weighted by Crippen LogP contribution is -2.27. The molecular formula is C11H24O2. The van der Waals surface area contributed by atoms with E-state index in [-0.39, 0.29) is 0 Å². The minimum Gasteiger partial charge on any atom is -0.366 e. The first-order chi connectivity index (χ1) is 6.12. The van der Waals surface area contributed by atoms with Crippen molar-refractivity contribution < 1.29 is 10.2 Å². The lowest BCUT2D eigenvalue weighted by Gasteiger charge is -2.21. The van der Waals surface area contributed by atoms with E-state index in [0.717, 1.165) is 25.7 Å². The minimum absolute atomic E-state index is 0.523. The third-order valence-corrected chi connectivity index (χ3v) is 2.36. The van der Waals surface area contributed by atoms with E-state index >= 15 is 0 Å². The summed E-state index contributed by atoms with van der Waals surface area (Å²) in [6.45, 7) is 4.22. The van der Waals surface area contributed by atoms with Crippen molar-refractivity contribution in [1.82, 2.24) is 0 Å². The van der Waals surface area contributed by atoms with E-state index in [1.54, 1.807) is 0 Å². The Labute approximate surface area is 82.0 Å². The van der Waals surface area contributed by atoms with Crippen LogP contribution in [-0.2, 0) is 0 Å². The van der Waals surface area contributed by atoms with Gasteiger partial charge in [-0.25, -0.2) is 0 Å². The molecule has 0 rings (SSSR count). The highest BCUT2D eigenvalue weighted by Crippen LogP contribution is 2.18. The van der Waals surface area contributed by atoms with Gasteiger partial charge in [0.15, 0.2) is 5.79 Å². The summed E-state index contributed by atoms with van der Waals surface area (Å²) in [4.78, 5) is 0. The zero-order chi connectivity index (χ0) is 10.2. The molecular weight excluding hydrogens is 164 g/mol. The Hall–Kier alpha value is -0.0800. The monoisotopic (exact) mass is 188 g/mol. The largest absolute Gasteiger partial charge is 0.366 e.